The van der Waals surface area contributed by atoms with Crippen molar-refractivity contribution in [2.75, 3.05) is 0 Å². The lowest BCUT2D eigenvalue weighted by Gasteiger charge is -2.34. The van der Waals surface area contributed by atoms with Crippen LogP contribution in [0.15, 0.2) is 24.3 Å². The molecule has 0 heterocycles. The summed E-state index contributed by atoms with van der Waals surface area (Å²) in [5.74, 6) is 0. The van der Waals surface area contributed by atoms with Crippen molar-refractivity contribution < 1.29 is 8.85 Å². The Morgan fingerprint density at radius 3 is 1.04 bits per heavy atom. The van der Waals surface area contributed by atoms with Gasteiger partial charge in [-0.2, -0.15) is 0 Å². The first-order valence-corrected chi connectivity index (χ1v) is 14.4. The lowest BCUT2D eigenvalue weighted by Crippen LogP contribution is -2.54. The zero-order valence-corrected chi connectivity index (χ0v) is 19.1. The van der Waals surface area contributed by atoms with E-state index < -0.39 is 16.6 Å². The molecular weight excluding hydrogens is 328 g/mol. The van der Waals surface area contributed by atoms with Gasteiger partial charge in [0.2, 0.25) is 16.6 Å². The molecule has 0 aromatic heterocycles. The zero-order chi connectivity index (χ0) is 18.4. The van der Waals surface area contributed by atoms with E-state index in [1.807, 2.05) is 0 Å². The molecule has 1 aromatic rings. The molecule has 0 atom stereocenters. The zero-order valence-electron chi connectivity index (χ0n) is 17.1. The summed E-state index contributed by atoms with van der Waals surface area (Å²) in [5, 5.41) is 2.87. The fourth-order valence-electron chi connectivity index (χ4n) is 3.77. The Labute approximate surface area is 152 Å². The van der Waals surface area contributed by atoms with E-state index in [2.05, 4.69) is 79.7 Å². The Hall–Kier alpha value is -0.426. The molecule has 0 saturated heterocycles. The van der Waals surface area contributed by atoms with E-state index in [0.29, 0.717) is 12.2 Å². The quantitative estimate of drug-likeness (QED) is 0.547. The van der Waals surface area contributed by atoms with Crippen LogP contribution in [0, 0.1) is 0 Å². The van der Waals surface area contributed by atoms with E-state index >= 15 is 0 Å². The van der Waals surface area contributed by atoms with Gasteiger partial charge in [-0.25, -0.2) is 0 Å². The minimum absolute atomic E-state index is 0.292. The van der Waals surface area contributed by atoms with E-state index in [9.17, 15) is 0 Å². The molecule has 0 aliphatic rings. The van der Waals surface area contributed by atoms with Crippen LogP contribution >= 0.6 is 0 Å². The fraction of sp³-hybridized carbons (Fsp3) is 0.700. The molecule has 0 amide bonds. The molecule has 0 aliphatic heterocycles. The minimum atomic E-state index is -1.84. The van der Waals surface area contributed by atoms with Gasteiger partial charge in [0.05, 0.1) is 0 Å². The molecule has 138 valence electrons. The van der Waals surface area contributed by atoms with Crippen LogP contribution < -0.4 is 10.4 Å². The van der Waals surface area contributed by atoms with Crippen molar-refractivity contribution in [2.24, 2.45) is 0 Å². The maximum atomic E-state index is 6.48. The average Bonchev–Trinajstić information content (AvgIpc) is 2.57. The van der Waals surface area contributed by atoms with Gasteiger partial charge in [-0.15, -0.1) is 0 Å². The van der Waals surface area contributed by atoms with Gasteiger partial charge in [0, 0.05) is 12.2 Å². The molecule has 0 bridgehead atoms. The second-order valence-corrected chi connectivity index (χ2v) is 15.7. The number of rotatable bonds is 10. The first-order valence-electron chi connectivity index (χ1n) is 9.75. The maximum absolute atomic E-state index is 6.48. The van der Waals surface area contributed by atoms with Crippen LogP contribution in [0.25, 0.3) is 0 Å². The molecular formula is C20H38O2Si2. The van der Waals surface area contributed by atoms with Gasteiger partial charge < -0.3 is 8.85 Å². The van der Waals surface area contributed by atoms with Crippen molar-refractivity contribution >= 4 is 27.0 Å². The van der Waals surface area contributed by atoms with E-state index in [1.165, 1.54) is 10.4 Å². The summed E-state index contributed by atoms with van der Waals surface area (Å²) in [6, 6.07) is 13.9. The first kappa shape index (κ1) is 21.6. The summed E-state index contributed by atoms with van der Waals surface area (Å²) >= 11 is 0. The summed E-state index contributed by atoms with van der Waals surface area (Å²) in [6.07, 6.45) is 0.584. The highest BCUT2D eigenvalue weighted by molar-refractivity contribution is 6.88. The van der Waals surface area contributed by atoms with Crippen LogP contribution in [0.3, 0.4) is 0 Å². The third-order valence-corrected chi connectivity index (χ3v) is 14.3. The van der Waals surface area contributed by atoms with Gasteiger partial charge in [-0.05, 0) is 62.2 Å². The van der Waals surface area contributed by atoms with Crippen LogP contribution in [-0.2, 0) is 8.85 Å². The van der Waals surface area contributed by atoms with Gasteiger partial charge >= 0.3 is 0 Å². The normalized spacial score (nSPS) is 13.1. The highest BCUT2D eigenvalue weighted by atomic mass is 28.4. The van der Waals surface area contributed by atoms with E-state index in [0.717, 1.165) is 24.2 Å². The van der Waals surface area contributed by atoms with Crippen LogP contribution in [0.2, 0.25) is 24.2 Å². The highest BCUT2D eigenvalue weighted by Crippen LogP contribution is 2.22. The Morgan fingerprint density at radius 2 is 0.875 bits per heavy atom. The second kappa shape index (κ2) is 9.32. The van der Waals surface area contributed by atoms with Crippen molar-refractivity contribution in [2.45, 2.75) is 91.8 Å². The summed E-state index contributed by atoms with van der Waals surface area (Å²) in [6.45, 7) is 17.8. The lowest BCUT2D eigenvalue weighted by molar-refractivity contribution is 0.232. The van der Waals surface area contributed by atoms with Gasteiger partial charge in [0.1, 0.15) is 0 Å². The molecule has 2 nitrogen and oxygen atoms in total. The first-order chi connectivity index (χ1) is 11.3. The molecule has 0 N–H and O–H groups in total. The Balaban J connectivity index is 3.22. The summed E-state index contributed by atoms with van der Waals surface area (Å²) in [5.41, 5.74) is 0. The number of benzene rings is 1. The molecule has 0 radical (unpaired) electrons. The van der Waals surface area contributed by atoms with Crippen LogP contribution in [0.5, 0.6) is 0 Å². The topological polar surface area (TPSA) is 18.5 Å². The van der Waals surface area contributed by atoms with Crippen LogP contribution in [-0.4, -0.2) is 28.8 Å². The van der Waals surface area contributed by atoms with Crippen LogP contribution in [0.1, 0.15) is 55.4 Å². The molecule has 24 heavy (non-hydrogen) atoms. The molecule has 0 saturated carbocycles. The Bertz CT molecular complexity index is 430. The summed E-state index contributed by atoms with van der Waals surface area (Å²) in [4.78, 5) is 0. The summed E-state index contributed by atoms with van der Waals surface area (Å²) in [7, 11) is -3.68. The predicted molar refractivity (Wildman–Crippen MR) is 112 cm³/mol. The van der Waals surface area contributed by atoms with Gasteiger partial charge in [-0.3, -0.25) is 0 Å². The lowest BCUT2D eigenvalue weighted by atomic mass is 10.4. The number of hydrogen-bond acceptors (Lipinski definition) is 2. The Morgan fingerprint density at radius 1 is 0.625 bits per heavy atom. The van der Waals surface area contributed by atoms with Crippen molar-refractivity contribution in [1.82, 2.24) is 0 Å². The van der Waals surface area contributed by atoms with Gasteiger partial charge in [-0.1, -0.05) is 52.0 Å². The van der Waals surface area contributed by atoms with Gasteiger partial charge in [0.15, 0.2) is 0 Å². The van der Waals surface area contributed by atoms with E-state index in [1.54, 1.807) is 0 Å². The van der Waals surface area contributed by atoms with Gasteiger partial charge in [0.25, 0.3) is 0 Å². The fourth-order valence-corrected chi connectivity index (χ4v) is 10.7. The molecule has 4 heteroatoms. The molecule has 0 aliphatic carbocycles. The standard InChI is InChI=1S/C20H38O2Si2/c1-9-23(10-2,21-17(5)6)19-13-15-20(16-14-19)24(11-3,12-4)22-18(7)8/h13-18H,9-12H2,1-8H3. The number of hydrogen-bond donors (Lipinski definition) is 0. The SMILES string of the molecule is CC[Si](CC)(OC(C)C)c1ccc([Si](CC)(CC)OC(C)C)cc1. The highest BCUT2D eigenvalue weighted by Gasteiger charge is 2.37. The monoisotopic (exact) mass is 366 g/mol. The third-order valence-electron chi connectivity index (χ3n) is 5.14. The maximum Gasteiger partial charge on any atom is 0.224 e. The molecule has 0 spiro atoms. The van der Waals surface area contributed by atoms with E-state index in [-0.39, 0.29) is 0 Å². The molecule has 1 rings (SSSR count). The predicted octanol–water partition coefficient (Wildman–Crippen LogP) is 4.92. The van der Waals surface area contributed by atoms with Crippen LogP contribution in [0.4, 0.5) is 0 Å². The minimum Gasteiger partial charge on any atom is -0.410 e. The average molecular weight is 367 g/mol. The van der Waals surface area contributed by atoms with Crippen molar-refractivity contribution in [3.63, 3.8) is 0 Å². The van der Waals surface area contributed by atoms with E-state index in [4.69, 9.17) is 8.85 Å². The molecule has 0 fully saturated rings. The van der Waals surface area contributed by atoms with Crippen molar-refractivity contribution in [1.29, 1.82) is 0 Å². The van der Waals surface area contributed by atoms with Crippen molar-refractivity contribution in [3.8, 4) is 0 Å². The van der Waals surface area contributed by atoms with Crippen molar-refractivity contribution in [3.05, 3.63) is 24.3 Å². The summed E-state index contributed by atoms with van der Waals surface area (Å²) < 4.78 is 13.0. The smallest absolute Gasteiger partial charge is 0.224 e. The largest absolute Gasteiger partial charge is 0.410 e. The second-order valence-electron chi connectivity index (χ2n) is 7.31. The molecule has 1 aromatic carbocycles. The molecule has 0 unspecified atom stereocenters. The third kappa shape index (κ3) is 4.81. The Kier molecular flexibility index (Phi) is 8.40.